The maximum Gasteiger partial charge on any atom is 0.416 e. The summed E-state index contributed by atoms with van der Waals surface area (Å²) in [6.45, 7) is 0. The van der Waals surface area contributed by atoms with E-state index in [-0.39, 0.29) is 5.56 Å². The molecule has 0 saturated carbocycles. The van der Waals surface area contributed by atoms with Gasteiger partial charge in [0.2, 0.25) is 0 Å². The normalized spacial score (nSPS) is 13.4. The van der Waals surface area contributed by atoms with Crippen LogP contribution in [0.3, 0.4) is 0 Å². The Morgan fingerprint density at radius 1 is 1.29 bits per heavy atom. The molecule has 1 N–H and O–H groups in total. The summed E-state index contributed by atoms with van der Waals surface area (Å²) in [5.41, 5.74) is -0.511. The number of halogens is 4. The molecule has 5 heteroatoms. The van der Waals surface area contributed by atoms with Crippen molar-refractivity contribution in [3.8, 4) is 0 Å². The van der Waals surface area contributed by atoms with Gasteiger partial charge in [-0.25, -0.2) is 0 Å². The highest BCUT2D eigenvalue weighted by molar-refractivity contribution is 6.17. The van der Waals surface area contributed by atoms with Gasteiger partial charge in [-0.1, -0.05) is 18.2 Å². The van der Waals surface area contributed by atoms with Crippen LogP contribution in [-0.2, 0) is 6.18 Å². The molecule has 1 unspecified atom stereocenters. The topological polar surface area (TPSA) is 23.9 Å². The van der Waals surface area contributed by atoms with E-state index < -0.39 is 17.7 Å². The predicted molar refractivity (Wildman–Crippen MR) is 62.9 cm³/mol. The molecule has 1 atom stereocenters. The largest absolute Gasteiger partial charge is 0.416 e. The second-order valence-corrected chi connectivity index (χ2v) is 4.07. The summed E-state index contributed by atoms with van der Waals surface area (Å²) in [6, 6.07) is 5.38. The van der Waals surface area contributed by atoms with Gasteiger partial charge in [-0.3, -0.25) is 0 Å². The number of benzene rings is 1. The van der Waals surface area contributed by atoms with Crippen molar-refractivity contribution in [3.05, 3.63) is 35.4 Å². The Balaban J connectivity index is 3.06. The van der Waals surface area contributed by atoms with E-state index >= 15 is 0 Å². The molecule has 0 radical (unpaired) electrons. The maximum atomic E-state index is 12.8. The van der Waals surface area contributed by atoms with Crippen LogP contribution >= 0.6 is 11.6 Å². The molecular formula is C12H13ClF3N. The van der Waals surface area contributed by atoms with E-state index in [1.54, 1.807) is 6.07 Å². The lowest BCUT2D eigenvalue weighted by Gasteiger charge is -2.17. The molecule has 17 heavy (non-hydrogen) atoms. The van der Waals surface area contributed by atoms with Crippen LogP contribution in [0.2, 0.25) is 0 Å². The molecule has 0 amide bonds. The number of hydrogen-bond acceptors (Lipinski definition) is 1. The quantitative estimate of drug-likeness (QED) is 0.599. The van der Waals surface area contributed by atoms with E-state index in [2.05, 4.69) is 0 Å². The van der Waals surface area contributed by atoms with Crippen LogP contribution in [0.25, 0.3) is 0 Å². The minimum absolute atomic E-state index is 0.153. The molecule has 0 aliphatic heterocycles. The van der Waals surface area contributed by atoms with Crippen LogP contribution in [0.1, 0.15) is 29.9 Å². The van der Waals surface area contributed by atoms with Gasteiger partial charge in [0.1, 0.15) is 0 Å². The monoisotopic (exact) mass is 263 g/mol. The average molecular weight is 264 g/mol. The molecule has 0 bridgehead atoms. The molecule has 0 aliphatic carbocycles. The van der Waals surface area contributed by atoms with Crippen molar-refractivity contribution in [2.75, 3.05) is 5.88 Å². The summed E-state index contributed by atoms with van der Waals surface area (Å²) in [7, 11) is 0. The summed E-state index contributed by atoms with van der Waals surface area (Å²) < 4.78 is 38.3. The minimum atomic E-state index is -4.38. The Morgan fingerprint density at radius 2 is 1.94 bits per heavy atom. The summed E-state index contributed by atoms with van der Waals surface area (Å²) in [5, 5.41) is 7.24. The fourth-order valence-corrected chi connectivity index (χ4v) is 1.86. The van der Waals surface area contributed by atoms with Crippen LogP contribution in [-0.4, -0.2) is 12.1 Å². The van der Waals surface area contributed by atoms with Crippen molar-refractivity contribution in [2.45, 2.75) is 24.9 Å². The van der Waals surface area contributed by atoms with Gasteiger partial charge in [-0.15, -0.1) is 11.6 Å². The zero-order chi connectivity index (χ0) is 12.9. The zero-order valence-corrected chi connectivity index (χ0v) is 9.85. The zero-order valence-electron chi connectivity index (χ0n) is 9.10. The summed E-state index contributed by atoms with van der Waals surface area (Å²) >= 11 is 5.52. The molecule has 1 aromatic carbocycles. The highest BCUT2D eigenvalue weighted by atomic mass is 35.5. The molecule has 0 saturated heterocycles. The van der Waals surface area contributed by atoms with Gasteiger partial charge in [0.15, 0.2) is 0 Å². The van der Waals surface area contributed by atoms with Crippen LogP contribution in [0.4, 0.5) is 13.2 Å². The van der Waals surface area contributed by atoms with Gasteiger partial charge in [0.25, 0.3) is 0 Å². The first-order valence-corrected chi connectivity index (χ1v) is 5.77. The van der Waals surface area contributed by atoms with Crippen molar-refractivity contribution in [1.29, 1.82) is 5.41 Å². The molecule has 0 aromatic heterocycles. The van der Waals surface area contributed by atoms with Gasteiger partial charge in [0.05, 0.1) is 5.56 Å². The molecular weight excluding hydrogens is 251 g/mol. The predicted octanol–water partition coefficient (Wildman–Crippen LogP) is 4.46. The lowest BCUT2D eigenvalue weighted by atomic mass is 9.91. The Bertz CT molecular complexity index is 376. The maximum absolute atomic E-state index is 12.8. The van der Waals surface area contributed by atoms with E-state index in [1.165, 1.54) is 12.1 Å². The number of hydrogen-bond donors (Lipinski definition) is 1. The molecule has 94 valence electrons. The SMILES string of the molecule is N=CC(CCCCl)c1ccccc1C(F)(F)F. The smallest absolute Gasteiger partial charge is 0.312 e. The fraction of sp³-hybridized carbons (Fsp3) is 0.417. The Hall–Kier alpha value is -1.03. The third kappa shape index (κ3) is 3.73. The molecule has 0 fully saturated rings. The van der Waals surface area contributed by atoms with Gasteiger partial charge in [0, 0.05) is 18.0 Å². The summed E-state index contributed by atoms with van der Waals surface area (Å²) in [4.78, 5) is 0. The lowest BCUT2D eigenvalue weighted by Crippen LogP contribution is -2.12. The first kappa shape index (κ1) is 14.0. The molecule has 0 spiro atoms. The highest BCUT2D eigenvalue weighted by Gasteiger charge is 2.34. The van der Waals surface area contributed by atoms with Crippen molar-refractivity contribution in [1.82, 2.24) is 0 Å². The number of rotatable bonds is 5. The van der Waals surface area contributed by atoms with Gasteiger partial charge < -0.3 is 5.41 Å². The summed E-state index contributed by atoms with van der Waals surface area (Å²) in [6.07, 6.45) is -2.27. The number of nitrogens with one attached hydrogen (secondary N) is 1. The van der Waals surface area contributed by atoms with Crippen molar-refractivity contribution in [3.63, 3.8) is 0 Å². The Kier molecular flexibility index (Phi) is 5.00. The first-order valence-electron chi connectivity index (χ1n) is 5.23. The summed E-state index contributed by atoms with van der Waals surface area (Å²) in [5.74, 6) is -0.134. The second kappa shape index (κ2) is 6.05. The Morgan fingerprint density at radius 3 is 2.47 bits per heavy atom. The average Bonchev–Trinajstić information content (AvgIpc) is 2.29. The van der Waals surface area contributed by atoms with Gasteiger partial charge in [-0.2, -0.15) is 13.2 Å². The standard InChI is InChI=1S/C12H13ClF3N/c13-7-3-4-9(8-17)10-5-1-2-6-11(10)12(14,15)16/h1-2,5-6,8-9,17H,3-4,7H2. The van der Waals surface area contributed by atoms with Crippen molar-refractivity contribution < 1.29 is 13.2 Å². The highest BCUT2D eigenvalue weighted by Crippen LogP contribution is 2.35. The van der Waals surface area contributed by atoms with E-state index in [1.807, 2.05) is 0 Å². The number of alkyl halides is 4. The van der Waals surface area contributed by atoms with E-state index in [0.717, 1.165) is 12.3 Å². The first-order chi connectivity index (χ1) is 8.00. The van der Waals surface area contributed by atoms with E-state index in [0.29, 0.717) is 18.7 Å². The fourth-order valence-electron chi connectivity index (χ4n) is 1.70. The van der Waals surface area contributed by atoms with Gasteiger partial charge in [-0.05, 0) is 24.5 Å². The van der Waals surface area contributed by atoms with E-state index in [4.69, 9.17) is 17.0 Å². The molecule has 1 aromatic rings. The third-order valence-electron chi connectivity index (χ3n) is 2.52. The van der Waals surface area contributed by atoms with Crippen LogP contribution < -0.4 is 0 Å². The van der Waals surface area contributed by atoms with Crippen LogP contribution in [0.15, 0.2) is 24.3 Å². The third-order valence-corrected chi connectivity index (χ3v) is 2.78. The lowest BCUT2D eigenvalue weighted by molar-refractivity contribution is -0.138. The van der Waals surface area contributed by atoms with Crippen molar-refractivity contribution >= 4 is 17.8 Å². The molecule has 1 nitrogen and oxygen atoms in total. The molecule has 0 heterocycles. The molecule has 0 aliphatic rings. The second-order valence-electron chi connectivity index (χ2n) is 3.69. The van der Waals surface area contributed by atoms with Crippen LogP contribution in [0, 0.1) is 5.41 Å². The Labute approximate surface area is 103 Å². The van der Waals surface area contributed by atoms with Crippen molar-refractivity contribution in [2.24, 2.45) is 0 Å². The van der Waals surface area contributed by atoms with Gasteiger partial charge >= 0.3 is 6.18 Å². The van der Waals surface area contributed by atoms with Crippen LogP contribution in [0.5, 0.6) is 0 Å². The molecule has 1 rings (SSSR count). The van der Waals surface area contributed by atoms with E-state index in [9.17, 15) is 13.2 Å². The minimum Gasteiger partial charge on any atom is -0.312 e.